The Kier molecular flexibility index (Phi) is 7.36. The van der Waals surface area contributed by atoms with Crippen LogP contribution in [0.15, 0.2) is 48.5 Å². The first-order chi connectivity index (χ1) is 13.0. The fraction of sp³-hybridized carbons (Fsp3) is 0.381. The lowest BCUT2D eigenvalue weighted by Gasteiger charge is -2.39. The molecular formula is C21H25Cl2N3S. The van der Waals surface area contributed by atoms with Crippen LogP contribution in [0.5, 0.6) is 0 Å². The Hall–Kier alpha value is -1.33. The van der Waals surface area contributed by atoms with E-state index in [1.807, 2.05) is 18.2 Å². The summed E-state index contributed by atoms with van der Waals surface area (Å²) in [4.78, 5) is 4.71. The summed E-state index contributed by atoms with van der Waals surface area (Å²) in [5.74, 6) is 0. The molecule has 0 aromatic heterocycles. The van der Waals surface area contributed by atoms with Crippen molar-refractivity contribution >= 4 is 46.2 Å². The number of nitrogens with one attached hydrogen (secondary N) is 1. The van der Waals surface area contributed by atoms with Crippen molar-refractivity contribution in [3.8, 4) is 0 Å². The minimum atomic E-state index is 0.441. The van der Waals surface area contributed by atoms with Gasteiger partial charge in [0, 0.05) is 17.6 Å². The molecule has 0 amide bonds. The Morgan fingerprint density at radius 2 is 1.85 bits per heavy atom. The molecule has 0 atom stereocenters. The summed E-state index contributed by atoms with van der Waals surface area (Å²) in [6, 6.07) is 16.4. The van der Waals surface area contributed by atoms with E-state index in [1.54, 1.807) is 6.07 Å². The number of hydrogen-bond donors (Lipinski definition) is 1. The van der Waals surface area contributed by atoms with Crippen LogP contribution in [-0.4, -0.2) is 47.6 Å². The van der Waals surface area contributed by atoms with Crippen LogP contribution in [0.25, 0.3) is 0 Å². The zero-order chi connectivity index (χ0) is 19.2. The van der Waals surface area contributed by atoms with Crippen molar-refractivity contribution < 1.29 is 0 Å². The van der Waals surface area contributed by atoms with E-state index >= 15 is 0 Å². The highest BCUT2D eigenvalue weighted by Crippen LogP contribution is 2.26. The normalized spacial score (nSPS) is 15.5. The SMILES string of the molecule is CN1CCC(N(CCc2ccccc2)C(=S)Nc2ccc(Cl)cc2Cl)CC1. The Balaban J connectivity index is 1.72. The first-order valence-electron chi connectivity index (χ1n) is 9.28. The Labute approximate surface area is 177 Å². The van der Waals surface area contributed by atoms with E-state index in [0.29, 0.717) is 16.1 Å². The van der Waals surface area contributed by atoms with Gasteiger partial charge >= 0.3 is 0 Å². The predicted octanol–water partition coefficient (Wildman–Crippen LogP) is 5.33. The molecular weight excluding hydrogens is 397 g/mol. The Morgan fingerprint density at radius 1 is 1.15 bits per heavy atom. The van der Waals surface area contributed by atoms with Crippen molar-refractivity contribution in [2.24, 2.45) is 0 Å². The molecule has 0 unspecified atom stereocenters. The molecule has 1 N–H and O–H groups in total. The number of benzene rings is 2. The van der Waals surface area contributed by atoms with Gasteiger partial charge in [0.05, 0.1) is 10.7 Å². The first-order valence-corrected chi connectivity index (χ1v) is 10.4. The summed E-state index contributed by atoms with van der Waals surface area (Å²) in [6.45, 7) is 3.07. The van der Waals surface area contributed by atoms with E-state index in [1.165, 1.54) is 5.56 Å². The summed E-state index contributed by atoms with van der Waals surface area (Å²) in [5, 5.41) is 5.26. The maximum Gasteiger partial charge on any atom is 0.173 e. The Morgan fingerprint density at radius 3 is 2.52 bits per heavy atom. The fourth-order valence-corrected chi connectivity index (χ4v) is 4.23. The molecule has 27 heavy (non-hydrogen) atoms. The average molecular weight is 422 g/mol. The summed E-state index contributed by atoms with van der Waals surface area (Å²) >= 11 is 18.1. The smallest absolute Gasteiger partial charge is 0.173 e. The molecule has 2 aromatic carbocycles. The van der Waals surface area contributed by atoms with E-state index in [9.17, 15) is 0 Å². The maximum absolute atomic E-state index is 6.32. The van der Waals surface area contributed by atoms with Crippen molar-refractivity contribution in [3.05, 3.63) is 64.1 Å². The summed E-state index contributed by atoms with van der Waals surface area (Å²) < 4.78 is 0. The lowest BCUT2D eigenvalue weighted by molar-refractivity contribution is 0.178. The van der Waals surface area contributed by atoms with Crippen LogP contribution < -0.4 is 5.32 Å². The maximum atomic E-state index is 6.32. The van der Waals surface area contributed by atoms with Crippen molar-refractivity contribution in [1.29, 1.82) is 0 Å². The third-order valence-electron chi connectivity index (χ3n) is 5.05. The minimum Gasteiger partial charge on any atom is -0.346 e. The molecule has 1 heterocycles. The van der Waals surface area contributed by atoms with Gasteiger partial charge in [0.15, 0.2) is 5.11 Å². The van der Waals surface area contributed by atoms with Gasteiger partial charge in [-0.05, 0) is 75.4 Å². The molecule has 0 saturated carbocycles. The quantitative estimate of drug-likeness (QED) is 0.657. The molecule has 0 radical (unpaired) electrons. The standard InChI is InChI=1S/C21H25Cl2N3S/c1-25-12-10-18(11-13-25)26(14-9-16-5-3-2-4-6-16)21(27)24-20-8-7-17(22)15-19(20)23/h2-8,15,18H,9-14H2,1H3,(H,24,27). The largest absolute Gasteiger partial charge is 0.346 e. The molecule has 144 valence electrons. The lowest BCUT2D eigenvalue weighted by atomic mass is 10.0. The summed E-state index contributed by atoms with van der Waals surface area (Å²) in [5.41, 5.74) is 2.12. The number of halogens is 2. The number of thiocarbonyl (C=S) groups is 1. The van der Waals surface area contributed by atoms with Crippen LogP contribution in [0.1, 0.15) is 18.4 Å². The highest BCUT2D eigenvalue weighted by atomic mass is 35.5. The van der Waals surface area contributed by atoms with Gasteiger partial charge in [-0.3, -0.25) is 0 Å². The first kappa shape index (κ1) is 20.4. The second-order valence-electron chi connectivity index (χ2n) is 7.02. The Bertz CT molecular complexity index is 761. The number of hydrogen-bond acceptors (Lipinski definition) is 2. The molecule has 3 nitrogen and oxygen atoms in total. The van der Waals surface area contributed by atoms with E-state index in [4.69, 9.17) is 35.4 Å². The highest BCUT2D eigenvalue weighted by Gasteiger charge is 2.25. The predicted molar refractivity (Wildman–Crippen MR) is 120 cm³/mol. The minimum absolute atomic E-state index is 0.441. The van der Waals surface area contributed by atoms with Gasteiger partial charge in [0.1, 0.15) is 0 Å². The van der Waals surface area contributed by atoms with E-state index < -0.39 is 0 Å². The van der Waals surface area contributed by atoms with Crippen molar-refractivity contribution in [1.82, 2.24) is 9.80 Å². The number of piperidine rings is 1. The molecule has 3 rings (SSSR count). The average Bonchev–Trinajstić information content (AvgIpc) is 2.66. The molecule has 0 bridgehead atoms. The molecule has 2 aromatic rings. The summed E-state index contributed by atoms with van der Waals surface area (Å²) in [6.07, 6.45) is 3.19. The van der Waals surface area contributed by atoms with Crippen LogP contribution >= 0.6 is 35.4 Å². The van der Waals surface area contributed by atoms with E-state index in [0.717, 1.165) is 49.7 Å². The van der Waals surface area contributed by atoms with Gasteiger partial charge in [-0.2, -0.15) is 0 Å². The molecule has 0 spiro atoms. The zero-order valence-electron chi connectivity index (χ0n) is 15.5. The summed E-state index contributed by atoms with van der Waals surface area (Å²) in [7, 11) is 2.18. The topological polar surface area (TPSA) is 18.5 Å². The fourth-order valence-electron chi connectivity index (χ4n) is 3.43. The number of likely N-dealkylation sites (tertiary alicyclic amines) is 1. The highest BCUT2D eigenvalue weighted by molar-refractivity contribution is 7.80. The van der Waals surface area contributed by atoms with Gasteiger partial charge in [0.2, 0.25) is 0 Å². The van der Waals surface area contributed by atoms with Gasteiger partial charge < -0.3 is 15.1 Å². The van der Waals surface area contributed by atoms with Crippen LogP contribution in [0.2, 0.25) is 10.0 Å². The third kappa shape index (κ3) is 5.82. The second kappa shape index (κ2) is 9.74. The molecule has 1 aliphatic rings. The van der Waals surface area contributed by atoms with Crippen molar-refractivity contribution in [2.45, 2.75) is 25.3 Å². The van der Waals surface area contributed by atoms with Crippen molar-refractivity contribution in [3.63, 3.8) is 0 Å². The van der Waals surface area contributed by atoms with E-state index in [2.05, 4.69) is 46.4 Å². The molecule has 6 heteroatoms. The molecule has 1 saturated heterocycles. The monoisotopic (exact) mass is 421 g/mol. The second-order valence-corrected chi connectivity index (χ2v) is 8.25. The van der Waals surface area contributed by atoms with Crippen LogP contribution in [-0.2, 0) is 6.42 Å². The number of rotatable bonds is 5. The van der Waals surface area contributed by atoms with Crippen LogP contribution in [0.3, 0.4) is 0 Å². The number of anilines is 1. The van der Waals surface area contributed by atoms with E-state index in [-0.39, 0.29) is 0 Å². The van der Waals surface area contributed by atoms with Crippen LogP contribution in [0.4, 0.5) is 5.69 Å². The zero-order valence-corrected chi connectivity index (χ0v) is 17.8. The van der Waals surface area contributed by atoms with Crippen LogP contribution in [0, 0.1) is 0 Å². The number of nitrogens with zero attached hydrogens (tertiary/aromatic N) is 2. The molecule has 0 aliphatic carbocycles. The van der Waals surface area contributed by atoms with Gasteiger partial charge in [-0.1, -0.05) is 53.5 Å². The third-order valence-corrected chi connectivity index (χ3v) is 5.93. The van der Waals surface area contributed by atoms with Gasteiger partial charge in [-0.15, -0.1) is 0 Å². The van der Waals surface area contributed by atoms with Gasteiger partial charge in [0.25, 0.3) is 0 Å². The lowest BCUT2D eigenvalue weighted by Crippen LogP contribution is -2.48. The van der Waals surface area contributed by atoms with Gasteiger partial charge in [-0.25, -0.2) is 0 Å². The molecule has 1 aliphatic heterocycles. The molecule has 1 fully saturated rings. The van der Waals surface area contributed by atoms with Crippen molar-refractivity contribution in [2.75, 3.05) is 32.0 Å².